The van der Waals surface area contributed by atoms with Crippen LogP contribution in [-0.4, -0.2) is 11.3 Å². The molecule has 0 atom stereocenters. The van der Waals surface area contributed by atoms with Crippen molar-refractivity contribution in [2.24, 2.45) is 22.9 Å². The Morgan fingerprint density at radius 3 is 1.88 bits per heavy atom. The molecule has 0 saturated carbocycles. The maximum atomic E-state index is 5.82. The predicted octanol–water partition coefficient (Wildman–Crippen LogP) is 0.153. The van der Waals surface area contributed by atoms with Crippen molar-refractivity contribution in [1.82, 2.24) is 0 Å². The van der Waals surface area contributed by atoms with Gasteiger partial charge in [-0.25, -0.2) is 0 Å². The summed E-state index contributed by atoms with van der Waals surface area (Å²) in [7, 11) is 0. The fourth-order valence-corrected chi connectivity index (χ4v) is 1.94. The Morgan fingerprint density at radius 1 is 0.824 bits per heavy atom. The summed E-state index contributed by atoms with van der Waals surface area (Å²) >= 11 is 0. The van der Waals surface area contributed by atoms with Gasteiger partial charge in [0.2, 0.25) is 0 Å². The van der Waals surface area contributed by atoms with Gasteiger partial charge in [0.15, 0.2) is 0 Å². The summed E-state index contributed by atoms with van der Waals surface area (Å²) < 4.78 is 0. The molecule has 0 unspecified atom stereocenters. The van der Waals surface area contributed by atoms with Crippen LogP contribution in [0, 0.1) is 0 Å². The first-order valence-electron chi connectivity index (χ1n) is 5.46. The molecule has 0 saturated heterocycles. The molecule has 2 rings (SSSR count). The molecule has 4 heteroatoms. The zero-order valence-corrected chi connectivity index (χ0v) is 9.85. The highest BCUT2D eigenvalue weighted by Crippen LogP contribution is 2.26. The molecular weight excluding hydrogens is 212 g/mol. The van der Waals surface area contributed by atoms with Crippen LogP contribution in [0.3, 0.4) is 0 Å². The van der Waals surface area contributed by atoms with E-state index in [-0.39, 0.29) is 0 Å². The average molecular weight is 230 g/mol. The van der Waals surface area contributed by atoms with Crippen molar-refractivity contribution in [3.63, 3.8) is 0 Å². The average Bonchev–Trinajstić information content (AvgIpc) is 2.18. The molecule has 0 amide bonds. The van der Waals surface area contributed by atoms with Gasteiger partial charge >= 0.3 is 0 Å². The molecule has 0 aliphatic heterocycles. The van der Waals surface area contributed by atoms with Gasteiger partial charge in [-0.15, -0.1) is 0 Å². The largest absolute Gasteiger partial charge is 0.307 e. The van der Waals surface area contributed by atoms with E-state index < -0.39 is 11.3 Å². The van der Waals surface area contributed by atoms with Crippen LogP contribution < -0.4 is 22.9 Å². The van der Waals surface area contributed by atoms with E-state index in [1.165, 1.54) is 0 Å². The summed E-state index contributed by atoms with van der Waals surface area (Å²) in [6, 6.07) is 0. The summed E-state index contributed by atoms with van der Waals surface area (Å²) in [6.07, 6.45) is 12.9. The number of rotatable bonds is 0. The molecule has 0 bridgehead atoms. The maximum Gasteiger partial charge on any atom is 0.103 e. The minimum absolute atomic E-state index is 0.856. The molecule has 0 radical (unpaired) electrons. The van der Waals surface area contributed by atoms with E-state index in [9.17, 15) is 0 Å². The monoisotopic (exact) mass is 230 g/mol. The van der Waals surface area contributed by atoms with Gasteiger partial charge in [-0.05, 0) is 47.9 Å². The van der Waals surface area contributed by atoms with Gasteiger partial charge in [0.25, 0.3) is 0 Å². The van der Waals surface area contributed by atoms with E-state index in [4.69, 9.17) is 22.9 Å². The molecule has 4 nitrogen and oxygen atoms in total. The lowest BCUT2D eigenvalue weighted by molar-refractivity contribution is 0.680. The van der Waals surface area contributed by atoms with E-state index in [2.05, 4.69) is 0 Å². The second-order valence-electron chi connectivity index (χ2n) is 4.70. The molecule has 0 heterocycles. The minimum Gasteiger partial charge on any atom is -0.307 e. The summed E-state index contributed by atoms with van der Waals surface area (Å²) in [6.45, 7) is 1.98. The quantitative estimate of drug-likeness (QED) is 0.445. The molecule has 0 spiro atoms. The van der Waals surface area contributed by atoms with Crippen LogP contribution in [-0.2, 0) is 0 Å². The highest BCUT2D eigenvalue weighted by molar-refractivity contribution is 5.56. The standard InChI is InChI=1S/C13H18N4/c1-9-8-13(16,17)7-4-11(9)10-2-5-12(14,15)6-3-10/h2-8H,14-17H2,1H3. The second kappa shape index (κ2) is 3.78. The third-order valence-electron chi connectivity index (χ3n) is 2.84. The fourth-order valence-electron chi connectivity index (χ4n) is 1.94. The Labute approximate surface area is 101 Å². The van der Waals surface area contributed by atoms with Crippen LogP contribution in [0.15, 0.2) is 59.3 Å². The van der Waals surface area contributed by atoms with Gasteiger partial charge < -0.3 is 22.9 Å². The molecule has 17 heavy (non-hydrogen) atoms. The van der Waals surface area contributed by atoms with Crippen molar-refractivity contribution < 1.29 is 0 Å². The SMILES string of the molecule is CC1=CC(N)(N)C=CC1=C1C=CC(N)(N)C=C1. The van der Waals surface area contributed by atoms with Crippen LogP contribution in [0.5, 0.6) is 0 Å². The van der Waals surface area contributed by atoms with Gasteiger partial charge in [0.05, 0.1) is 0 Å². The third kappa shape index (κ3) is 2.62. The molecule has 90 valence electrons. The second-order valence-corrected chi connectivity index (χ2v) is 4.70. The van der Waals surface area contributed by atoms with Crippen molar-refractivity contribution in [2.75, 3.05) is 0 Å². The van der Waals surface area contributed by atoms with Crippen molar-refractivity contribution in [3.05, 3.63) is 59.3 Å². The van der Waals surface area contributed by atoms with E-state index in [1.807, 2.05) is 31.2 Å². The van der Waals surface area contributed by atoms with Gasteiger partial charge in [0.1, 0.15) is 11.3 Å². The van der Waals surface area contributed by atoms with Crippen molar-refractivity contribution in [3.8, 4) is 0 Å². The molecule has 2 aliphatic carbocycles. The Bertz CT molecular complexity index is 470. The molecular formula is C13H18N4. The fraction of sp³-hybridized carbons (Fsp3) is 0.231. The number of hydrogen-bond acceptors (Lipinski definition) is 4. The zero-order valence-electron chi connectivity index (χ0n) is 9.85. The van der Waals surface area contributed by atoms with Gasteiger partial charge in [-0.2, -0.15) is 0 Å². The van der Waals surface area contributed by atoms with Crippen LogP contribution in [0.25, 0.3) is 0 Å². The van der Waals surface area contributed by atoms with Crippen molar-refractivity contribution in [1.29, 1.82) is 0 Å². The highest BCUT2D eigenvalue weighted by Gasteiger charge is 2.20. The summed E-state index contributed by atoms with van der Waals surface area (Å²) in [5.74, 6) is 0. The molecule has 0 aromatic carbocycles. The van der Waals surface area contributed by atoms with Crippen LogP contribution in [0.1, 0.15) is 6.92 Å². The molecule has 0 aromatic rings. The molecule has 2 aliphatic rings. The van der Waals surface area contributed by atoms with Crippen molar-refractivity contribution in [2.45, 2.75) is 18.2 Å². The normalized spacial score (nSPS) is 25.1. The summed E-state index contributed by atoms with van der Waals surface area (Å²) in [4.78, 5) is 0. The van der Waals surface area contributed by atoms with E-state index in [1.54, 1.807) is 18.2 Å². The minimum atomic E-state index is -0.859. The van der Waals surface area contributed by atoms with Crippen molar-refractivity contribution >= 4 is 0 Å². The first-order chi connectivity index (χ1) is 7.79. The number of nitrogens with two attached hydrogens (primary N) is 4. The third-order valence-corrected chi connectivity index (χ3v) is 2.84. The van der Waals surface area contributed by atoms with E-state index in [0.29, 0.717) is 0 Å². The van der Waals surface area contributed by atoms with E-state index >= 15 is 0 Å². The lowest BCUT2D eigenvalue weighted by atomic mass is 9.89. The molecule has 0 aromatic heterocycles. The van der Waals surface area contributed by atoms with E-state index in [0.717, 1.165) is 16.7 Å². The topological polar surface area (TPSA) is 104 Å². The Hall–Kier alpha value is -1.46. The van der Waals surface area contributed by atoms with Crippen LogP contribution >= 0.6 is 0 Å². The molecule has 0 fully saturated rings. The first-order valence-corrected chi connectivity index (χ1v) is 5.46. The van der Waals surface area contributed by atoms with Crippen LogP contribution in [0.2, 0.25) is 0 Å². The smallest absolute Gasteiger partial charge is 0.103 e. The predicted molar refractivity (Wildman–Crippen MR) is 70.4 cm³/mol. The van der Waals surface area contributed by atoms with Crippen LogP contribution in [0.4, 0.5) is 0 Å². The maximum absolute atomic E-state index is 5.82. The molecule has 8 N–H and O–H groups in total. The zero-order chi connectivity index (χ0) is 12.7. The van der Waals surface area contributed by atoms with Gasteiger partial charge in [-0.3, -0.25) is 0 Å². The highest BCUT2D eigenvalue weighted by atomic mass is 14.9. The lowest BCUT2D eigenvalue weighted by Gasteiger charge is -2.25. The Morgan fingerprint density at radius 2 is 1.35 bits per heavy atom. The van der Waals surface area contributed by atoms with Gasteiger partial charge in [-0.1, -0.05) is 18.2 Å². The van der Waals surface area contributed by atoms with Gasteiger partial charge in [0, 0.05) is 0 Å². The summed E-state index contributed by atoms with van der Waals surface area (Å²) in [5.41, 5.74) is 24.6. The lowest BCUT2D eigenvalue weighted by Crippen LogP contribution is -2.46. The number of allylic oxidation sites excluding steroid dienone is 6. The number of hydrogen-bond donors (Lipinski definition) is 4. The Kier molecular flexibility index (Phi) is 2.67. The Balaban J connectivity index is 2.38. The summed E-state index contributed by atoms with van der Waals surface area (Å²) in [5, 5.41) is 0. The first kappa shape index (κ1) is 12.0.